The molecule has 2 aromatic heterocycles. The summed E-state index contributed by atoms with van der Waals surface area (Å²) < 4.78 is 15.9. The SMILES string of the molecule is Cn1cc(-c2cc(C(=O)N3CCN(Cc4c(F)cccc4Cl)CC3)c3ccccc3n2)cn1. The number of nitrogens with zero attached hydrogens (tertiary/aromatic N) is 5. The summed E-state index contributed by atoms with van der Waals surface area (Å²) in [7, 11) is 1.85. The lowest BCUT2D eigenvalue weighted by atomic mass is 10.0. The number of piperazine rings is 1. The van der Waals surface area contributed by atoms with Crippen LogP contribution in [-0.2, 0) is 13.6 Å². The van der Waals surface area contributed by atoms with Crippen LogP contribution in [0.1, 0.15) is 15.9 Å². The number of benzene rings is 2. The summed E-state index contributed by atoms with van der Waals surface area (Å²) >= 11 is 6.19. The molecule has 0 spiro atoms. The first-order valence-electron chi connectivity index (χ1n) is 10.8. The van der Waals surface area contributed by atoms with Gasteiger partial charge in [-0.1, -0.05) is 35.9 Å². The largest absolute Gasteiger partial charge is 0.336 e. The molecule has 1 saturated heterocycles. The van der Waals surface area contributed by atoms with Gasteiger partial charge in [0.05, 0.1) is 23.0 Å². The molecule has 1 aliphatic rings. The normalized spacial score (nSPS) is 14.7. The molecular formula is C25H23ClFN5O. The fraction of sp³-hybridized carbons (Fsp3) is 0.240. The van der Waals surface area contributed by atoms with Crippen LogP contribution in [-0.4, -0.2) is 56.7 Å². The molecule has 0 unspecified atom stereocenters. The lowest BCUT2D eigenvalue weighted by Gasteiger charge is -2.35. The quantitative estimate of drug-likeness (QED) is 0.450. The smallest absolute Gasteiger partial charge is 0.254 e. The number of aryl methyl sites for hydroxylation is 1. The van der Waals surface area contributed by atoms with E-state index in [1.807, 2.05) is 48.5 Å². The third-order valence-corrected chi connectivity index (χ3v) is 6.40. The summed E-state index contributed by atoms with van der Waals surface area (Å²) in [6.07, 6.45) is 3.63. The van der Waals surface area contributed by atoms with Gasteiger partial charge in [0.15, 0.2) is 0 Å². The Morgan fingerprint density at radius 1 is 1.09 bits per heavy atom. The van der Waals surface area contributed by atoms with E-state index in [9.17, 15) is 9.18 Å². The summed E-state index contributed by atoms with van der Waals surface area (Å²) in [6.45, 7) is 2.84. The fourth-order valence-corrected chi connectivity index (χ4v) is 4.46. The average molecular weight is 464 g/mol. The summed E-state index contributed by atoms with van der Waals surface area (Å²) in [5.41, 5.74) is 3.49. The highest BCUT2D eigenvalue weighted by Crippen LogP contribution is 2.26. The van der Waals surface area contributed by atoms with Gasteiger partial charge in [-0.2, -0.15) is 5.10 Å². The number of fused-ring (bicyclic) bond motifs is 1. The molecule has 1 amide bonds. The van der Waals surface area contributed by atoms with E-state index in [0.29, 0.717) is 48.9 Å². The van der Waals surface area contributed by atoms with Crippen LogP contribution in [0.25, 0.3) is 22.2 Å². The average Bonchev–Trinajstić information content (AvgIpc) is 3.27. The molecule has 6 nitrogen and oxygen atoms in total. The summed E-state index contributed by atoms with van der Waals surface area (Å²) in [6, 6.07) is 14.3. The molecule has 5 rings (SSSR count). The Bertz CT molecular complexity index is 1310. The molecule has 168 valence electrons. The number of rotatable bonds is 4. The summed E-state index contributed by atoms with van der Waals surface area (Å²) in [4.78, 5) is 22.3. The maximum atomic E-state index is 14.2. The maximum Gasteiger partial charge on any atom is 0.254 e. The van der Waals surface area contributed by atoms with E-state index in [1.54, 1.807) is 23.0 Å². The second kappa shape index (κ2) is 8.92. The number of halogens is 2. The van der Waals surface area contributed by atoms with Gasteiger partial charge in [0.1, 0.15) is 5.82 Å². The molecule has 0 aliphatic carbocycles. The number of carbonyl (C=O) groups is 1. The highest BCUT2D eigenvalue weighted by atomic mass is 35.5. The van der Waals surface area contributed by atoms with Crippen LogP contribution in [0.4, 0.5) is 4.39 Å². The second-order valence-electron chi connectivity index (χ2n) is 8.24. The first-order valence-corrected chi connectivity index (χ1v) is 11.2. The zero-order chi connectivity index (χ0) is 22.9. The zero-order valence-corrected chi connectivity index (χ0v) is 19.0. The van der Waals surface area contributed by atoms with Crippen LogP contribution in [0.2, 0.25) is 5.02 Å². The van der Waals surface area contributed by atoms with E-state index < -0.39 is 0 Å². The van der Waals surface area contributed by atoms with Gasteiger partial charge in [-0.25, -0.2) is 9.37 Å². The van der Waals surface area contributed by atoms with Crippen LogP contribution in [0.5, 0.6) is 0 Å². The molecule has 1 aliphatic heterocycles. The van der Waals surface area contributed by atoms with Gasteiger partial charge in [-0.05, 0) is 24.3 Å². The van der Waals surface area contributed by atoms with Crippen molar-refractivity contribution < 1.29 is 9.18 Å². The third-order valence-electron chi connectivity index (χ3n) is 6.05. The van der Waals surface area contributed by atoms with Crippen LogP contribution < -0.4 is 0 Å². The molecule has 33 heavy (non-hydrogen) atoms. The highest BCUT2D eigenvalue weighted by molar-refractivity contribution is 6.31. The Labute approximate surface area is 196 Å². The van der Waals surface area contributed by atoms with Gasteiger partial charge in [0, 0.05) is 67.5 Å². The number of para-hydroxylation sites is 1. The molecule has 0 saturated carbocycles. The Kier molecular flexibility index (Phi) is 5.83. The minimum atomic E-state index is -0.299. The molecule has 0 atom stereocenters. The predicted octanol–water partition coefficient (Wildman–Crippen LogP) is 4.39. The van der Waals surface area contributed by atoms with Crippen molar-refractivity contribution in [2.75, 3.05) is 26.2 Å². The van der Waals surface area contributed by atoms with Crippen LogP contribution in [0.15, 0.2) is 60.9 Å². The van der Waals surface area contributed by atoms with Gasteiger partial charge in [0.2, 0.25) is 0 Å². The van der Waals surface area contributed by atoms with Crippen molar-refractivity contribution in [3.8, 4) is 11.3 Å². The molecule has 0 bridgehead atoms. The van der Waals surface area contributed by atoms with Crippen LogP contribution in [0, 0.1) is 5.82 Å². The molecule has 2 aromatic carbocycles. The van der Waals surface area contributed by atoms with E-state index in [0.717, 1.165) is 22.2 Å². The number of hydrogen-bond donors (Lipinski definition) is 0. The third kappa shape index (κ3) is 4.34. The number of aromatic nitrogens is 3. The second-order valence-corrected chi connectivity index (χ2v) is 8.65. The van der Waals surface area contributed by atoms with E-state index in [-0.39, 0.29) is 11.7 Å². The number of amides is 1. The molecule has 8 heteroatoms. The first kappa shape index (κ1) is 21.6. The molecular weight excluding hydrogens is 441 g/mol. The van der Waals surface area contributed by atoms with Gasteiger partial charge in [-0.3, -0.25) is 14.4 Å². The Morgan fingerprint density at radius 2 is 1.88 bits per heavy atom. The fourth-order valence-electron chi connectivity index (χ4n) is 4.24. The van der Waals surface area contributed by atoms with Crippen molar-refractivity contribution in [2.45, 2.75) is 6.54 Å². The Morgan fingerprint density at radius 3 is 2.61 bits per heavy atom. The molecule has 3 heterocycles. The minimum Gasteiger partial charge on any atom is -0.336 e. The van der Waals surface area contributed by atoms with E-state index in [1.165, 1.54) is 6.07 Å². The van der Waals surface area contributed by atoms with Gasteiger partial charge in [0.25, 0.3) is 5.91 Å². The topological polar surface area (TPSA) is 54.3 Å². The predicted molar refractivity (Wildman–Crippen MR) is 127 cm³/mol. The van der Waals surface area contributed by atoms with Crippen molar-refractivity contribution in [3.63, 3.8) is 0 Å². The highest BCUT2D eigenvalue weighted by Gasteiger charge is 2.25. The Hall–Kier alpha value is -3.29. The molecule has 0 N–H and O–H groups in total. The van der Waals surface area contributed by atoms with Crippen molar-refractivity contribution >= 4 is 28.4 Å². The van der Waals surface area contributed by atoms with Crippen molar-refractivity contribution in [1.29, 1.82) is 0 Å². The van der Waals surface area contributed by atoms with Crippen molar-refractivity contribution in [1.82, 2.24) is 24.6 Å². The zero-order valence-electron chi connectivity index (χ0n) is 18.2. The van der Waals surface area contributed by atoms with Gasteiger partial charge < -0.3 is 4.90 Å². The summed E-state index contributed by atoms with van der Waals surface area (Å²) in [5.74, 6) is -0.325. The van der Waals surface area contributed by atoms with E-state index >= 15 is 0 Å². The standard InChI is InChI=1S/C25H23ClFN5O/c1-30-15-17(14-28-30)24-13-19(18-5-2-3-8-23(18)29-24)25(33)32-11-9-31(10-12-32)16-20-21(26)6-4-7-22(20)27/h2-8,13-15H,9-12,16H2,1H3. The molecule has 4 aromatic rings. The number of hydrogen-bond acceptors (Lipinski definition) is 4. The first-order chi connectivity index (χ1) is 16.0. The number of pyridine rings is 1. The lowest BCUT2D eigenvalue weighted by molar-refractivity contribution is 0.0629. The van der Waals surface area contributed by atoms with Gasteiger partial charge >= 0.3 is 0 Å². The monoisotopic (exact) mass is 463 g/mol. The van der Waals surface area contributed by atoms with Crippen molar-refractivity contribution in [3.05, 3.63) is 82.9 Å². The van der Waals surface area contributed by atoms with E-state index in [4.69, 9.17) is 16.6 Å². The summed E-state index contributed by atoms with van der Waals surface area (Å²) in [5, 5.41) is 5.49. The van der Waals surface area contributed by atoms with Crippen molar-refractivity contribution in [2.24, 2.45) is 7.05 Å². The molecule has 0 radical (unpaired) electrons. The van der Waals surface area contributed by atoms with E-state index in [2.05, 4.69) is 10.00 Å². The Balaban J connectivity index is 1.37. The van der Waals surface area contributed by atoms with Crippen LogP contribution in [0.3, 0.4) is 0 Å². The van der Waals surface area contributed by atoms with Gasteiger partial charge in [-0.15, -0.1) is 0 Å². The number of carbonyl (C=O) groups excluding carboxylic acids is 1. The molecule has 1 fully saturated rings. The minimum absolute atomic E-state index is 0.0256. The van der Waals surface area contributed by atoms with Crippen LogP contribution >= 0.6 is 11.6 Å². The lowest BCUT2D eigenvalue weighted by Crippen LogP contribution is -2.48. The maximum absolute atomic E-state index is 14.2.